The lowest BCUT2D eigenvalue weighted by Gasteiger charge is -2.16. The fraction of sp³-hybridized carbons (Fsp3) is 0.636. The van der Waals surface area contributed by atoms with E-state index in [0.717, 1.165) is 22.7 Å². The summed E-state index contributed by atoms with van der Waals surface area (Å²) in [5.41, 5.74) is 7.15. The molecule has 1 nitrogen and oxygen atoms in total. The third-order valence-corrected chi connectivity index (χ3v) is 4.38. The van der Waals surface area contributed by atoms with Gasteiger partial charge in [0.25, 0.3) is 0 Å². The molecular formula is C11H16ClNS. The molecule has 1 aliphatic rings. The van der Waals surface area contributed by atoms with E-state index in [1.165, 1.54) is 31.2 Å². The van der Waals surface area contributed by atoms with E-state index in [1.807, 2.05) is 0 Å². The number of halogens is 1. The van der Waals surface area contributed by atoms with E-state index < -0.39 is 0 Å². The second-order valence-electron chi connectivity index (χ2n) is 4.15. The molecule has 78 valence electrons. The molecular weight excluding hydrogens is 214 g/mol. The van der Waals surface area contributed by atoms with Crippen molar-refractivity contribution in [2.45, 2.75) is 25.7 Å². The predicted molar refractivity (Wildman–Crippen MR) is 62.9 cm³/mol. The van der Waals surface area contributed by atoms with Crippen LogP contribution in [0.1, 0.15) is 24.8 Å². The summed E-state index contributed by atoms with van der Waals surface area (Å²) in [5, 5.41) is 2.17. The second-order valence-corrected chi connectivity index (χ2v) is 5.69. The van der Waals surface area contributed by atoms with Gasteiger partial charge in [-0.3, -0.25) is 0 Å². The van der Waals surface area contributed by atoms with Gasteiger partial charge in [-0.1, -0.05) is 18.0 Å². The van der Waals surface area contributed by atoms with Crippen LogP contribution in [0, 0.1) is 11.8 Å². The van der Waals surface area contributed by atoms with Crippen LogP contribution in [0.15, 0.2) is 11.4 Å². The van der Waals surface area contributed by atoms with E-state index in [1.54, 1.807) is 11.3 Å². The summed E-state index contributed by atoms with van der Waals surface area (Å²) in [6, 6.07) is 2.10. The number of thiophene rings is 1. The number of hydrogen-bond donors (Lipinski definition) is 1. The Morgan fingerprint density at radius 1 is 1.43 bits per heavy atom. The third-order valence-electron chi connectivity index (χ3n) is 3.24. The molecule has 2 unspecified atom stereocenters. The summed E-state index contributed by atoms with van der Waals surface area (Å²) in [7, 11) is 0. The highest BCUT2D eigenvalue weighted by Gasteiger charge is 2.26. The molecule has 1 heterocycles. The van der Waals surface area contributed by atoms with Gasteiger partial charge in [0.1, 0.15) is 0 Å². The summed E-state index contributed by atoms with van der Waals surface area (Å²) in [6.45, 7) is 0.850. The van der Waals surface area contributed by atoms with Crippen LogP contribution < -0.4 is 5.73 Å². The Labute approximate surface area is 94.3 Å². The van der Waals surface area contributed by atoms with E-state index >= 15 is 0 Å². The minimum atomic E-state index is 0.744. The Kier molecular flexibility index (Phi) is 3.47. The van der Waals surface area contributed by atoms with Gasteiger partial charge in [0.05, 0.1) is 4.34 Å². The van der Waals surface area contributed by atoms with Crippen LogP contribution in [0.25, 0.3) is 0 Å². The van der Waals surface area contributed by atoms with E-state index in [9.17, 15) is 0 Å². The van der Waals surface area contributed by atoms with E-state index in [0.29, 0.717) is 0 Å². The lowest BCUT2D eigenvalue weighted by Crippen LogP contribution is -2.19. The topological polar surface area (TPSA) is 26.0 Å². The molecule has 2 rings (SSSR count). The van der Waals surface area contributed by atoms with E-state index in [2.05, 4.69) is 11.4 Å². The van der Waals surface area contributed by atoms with Gasteiger partial charge in [-0.05, 0) is 54.7 Å². The average Bonchev–Trinajstić information content (AvgIpc) is 2.76. The van der Waals surface area contributed by atoms with Gasteiger partial charge in [0, 0.05) is 0 Å². The van der Waals surface area contributed by atoms with Gasteiger partial charge in [0.15, 0.2) is 0 Å². The molecule has 14 heavy (non-hydrogen) atoms. The average molecular weight is 230 g/mol. The number of nitrogens with two attached hydrogens (primary N) is 1. The first kappa shape index (κ1) is 10.5. The Balaban J connectivity index is 1.96. The van der Waals surface area contributed by atoms with E-state index in [4.69, 9.17) is 17.3 Å². The molecule has 1 aliphatic carbocycles. The van der Waals surface area contributed by atoms with Crippen molar-refractivity contribution in [1.82, 2.24) is 0 Å². The Morgan fingerprint density at radius 2 is 2.21 bits per heavy atom. The molecule has 0 radical (unpaired) electrons. The largest absolute Gasteiger partial charge is 0.330 e. The SMILES string of the molecule is NCC1CCCC1Cc1csc(Cl)c1. The van der Waals surface area contributed by atoms with Crippen molar-refractivity contribution in [2.75, 3.05) is 6.54 Å². The van der Waals surface area contributed by atoms with E-state index in [-0.39, 0.29) is 0 Å². The Morgan fingerprint density at radius 3 is 2.86 bits per heavy atom. The smallest absolute Gasteiger partial charge is 0.0931 e. The summed E-state index contributed by atoms with van der Waals surface area (Å²) in [4.78, 5) is 0. The fourth-order valence-electron chi connectivity index (χ4n) is 2.45. The molecule has 1 saturated carbocycles. The molecule has 1 aromatic rings. The number of hydrogen-bond acceptors (Lipinski definition) is 2. The predicted octanol–water partition coefficient (Wildman–Crippen LogP) is 3.32. The van der Waals surface area contributed by atoms with Gasteiger partial charge in [-0.15, -0.1) is 11.3 Å². The van der Waals surface area contributed by atoms with Crippen LogP contribution in [0.3, 0.4) is 0 Å². The molecule has 3 heteroatoms. The normalized spacial score (nSPS) is 27.0. The van der Waals surface area contributed by atoms with Gasteiger partial charge >= 0.3 is 0 Å². The van der Waals surface area contributed by atoms with Crippen LogP contribution >= 0.6 is 22.9 Å². The van der Waals surface area contributed by atoms with Gasteiger partial charge in [0.2, 0.25) is 0 Å². The van der Waals surface area contributed by atoms with Crippen molar-refractivity contribution in [2.24, 2.45) is 17.6 Å². The summed E-state index contributed by atoms with van der Waals surface area (Å²) in [6.07, 6.45) is 5.18. The first-order chi connectivity index (χ1) is 6.79. The lowest BCUT2D eigenvalue weighted by atomic mass is 9.91. The van der Waals surface area contributed by atoms with Crippen molar-refractivity contribution in [3.8, 4) is 0 Å². The maximum atomic E-state index is 5.91. The van der Waals surface area contributed by atoms with Crippen LogP contribution in [0.2, 0.25) is 4.34 Å². The molecule has 0 bridgehead atoms. The van der Waals surface area contributed by atoms with Crippen molar-refractivity contribution in [3.05, 3.63) is 21.3 Å². The monoisotopic (exact) mass is 229 g/mol. The lowest BCUT2D eigenvalue weighted by molar-refractivity contribution is 0.394. The third kappa shape index (κ3) is 2.30. The molecule has 0 spiro atoms. The van der Waals surface area contributed by atoms with Gasteiger partial charge in [-0.2, -0.15) is 0 Å². The molecule has 2 atom stereocenters. The summed E-state index contributed by atoms with van der Waals surface area (Å²) < 4.78 is 0.905. The first-order valence-corrected chi connectivity index (χ1v) is 6.48. The second kappa shape index (κ2) is 4.65. The molecule has 1 fully saturated rings. The highest BCUT2D eigenvalue weighted by atomic mass is 35.5. The molecule has 1 aromatic heterocycles. The zero-order chi connectivity index (χ0) is 9.97. The summed E-state index contributed by atoms with van der Waals surface area (Å²) >= 11 is 7.54. The summed E-state index contributed by atoms with van der Waals surface area (Å²) in [5.74, 6) is 1.54. The molecule has 2 N–H and O–H groups in total. The Bertz CT molecular complexity index is 297. The quantitative estimate of drug-likeness (QED) is 0.846. The minimum Gasteiger partial charge on any atom is -0.330 e. The standard InChI is InChI=1S/C11H16ClNS/c12-11-5-8(7-14-11)4-9-2-1-3-10(9)6-13/h5,7,9-10H,1-4,6,13H2. The highest BCUT2D eigenvalue weighted by molar-refractivity contribution is 7.14. The van der Waals surface area contributed by atoms with Crippen molar-refractivity contribution in [3.63, 3.8) is 0 Å². The van der Waals surface area contributed by atoms with Crippen LogP contribution in [0.5, 0.6) is 0 Å². The Hall–Kier alpha value is -0.0500. The van der Waals surface area contributed by atoms with Gasteiger partial charge < -0.3 is 5.73 Å². The zero-order valence-electron chi connectivity index (χ0n) is 8.21. The molecule has 0 saturated heterocycles. The zero-order valence-corrected chi connectivity index (χ0v) is 9.78. The minimum absolute atomic E-state index is 0.744. The maximum Gasteiger partial charge on any atom is 0.0931 e. The number of rotatable bonds is 3. The van der Waals surface area contributed by atoms with Crippen molar-refractivity contribution in [1.29, 1.82) is 0 Å². The van der Waals surface area contributed by atoms with Crippen molar-refractivity contribution >= 4 is 22.9 Å². The first-order valence-electron chi connectivity index (χ1n) is 5.22. The fourth-order valence-corrected chi connectivity index (χ4v) is 3.37. The van der Waals surface area contributed by atoms with Crippen LogP contribution in [-0.4, -0.2) is 6.54 Å². The molecule has 0 aliphatic heterocycles. The molecule has 0 amide bonds. The van der Waals surface area contributed by atoms with Crippen LogP contribution in [0.4, 0.5) is 0 Å². The van der Waals surface area contributed by atoms with Crippen molar-refractivity contribution < 1.29 is 0 Å². The van der Waals surface area contributed by atoms with Crippen LogP contribution in [-0.2, 0) is 6.42 Å². The maximum absolute atomic E-state index is 5.91. The molecule has 0 aromatic carbocycles. The van der Waals surface area contributed by atoms with Gasteiger partial charge in [-0.25, -0.2) is 0 Å². The highest BCUT2D eigenvalue weighted by Crippen LogP contribution is 2.34.